The average molecular weight is 299 g/mol. The molecule has 0 radical (unpaired) electrons. The Morgan fingerprint density at radius 2 is 1.82 bits per heavy atom. The Hall–Kier alpha value is -1.66. The lowest BCUT2D eigenvalue weighted by atomic mass is 9.77. The molecule has 1 aromatic heterocycles. The van der Waals surface area contributed by atoms with Crippen molar-refractivity contribution in [2.24, 2.45) is 0 Å². The average Bonchev–Trinajstić information content (AvgIpc) is 2.67. The van der Waals surface area contributed by atoms with Gasteiger partial charge in [0.2, 0.25) is 5.95 Å². The predicted molar refractivity (Wildman–Crippen MR) is 89.4 cm³/mol. The van der Waals surface area contributed by atoms with Gasteiger partial charge in [-0.05, 0) is 46.1 Å². The van der Waals surface area contributed by atoms with E-state index < -0.39 is 7.12 Å². The Kier molecular flexibility index (Phi) is 3.61. The van der Waals surface area contributed by atoms with Crippen LogP contribution in [0.25, 0.3) is 10.9 Å². The molecule has 6 heteroatoms. The summed E-state index contributed by atoms with van der Waals surface area (Å²) < 4.78 is 12.3. The summed E-state index contributed by atoms with van der Waals surface area (Å²) in [6, 6.07) is 5.97. The van der Waals surface area contributed by atoms with Crippen LogP contribution in [0.5, 0.6) is 0 Å². The Morgan fingerprint density at radius 3 is 2.45 bits per heavy atom. The zero-order chi connectivity index (χ0) is 16.0. The summed E-state index contributed by atoms with van der Waals surface area (Å²) in [6.07, 6.45) is 1.83. The van der Waals surface area contributed by atoms with Gasteiger partial charge >= 0.3 is 7.12 Å². The van der Waals surface area contributed by atoms with Crippen LogP contribution in [0.3, 0.4) is 0 Å². The summed E-state index contributed by atoms with van der Waals surface area (Å²) >= 11 is 0. The van der Waals surface area contributed by atoms with E-state index >= 15 is 0 Å². The summed E-state index contributed by atoms with van der Waals surface area (Å²) in [7, 11) is -0.401. The normalized spacial score (nSPS) is 19.6. The fourth-order valence-electron chi connectivity index (χ4n) is 2.50. The minimum absolute atomic E-state index is 0.357. The molecule has 1 fully saturated rings. The van der Waals surface area contributed by atoms with Crippen molar-refractivity contribution in [3.05, 3.63) is 24.4 Å². The zero-order valence-electron chi connectivity index (χ0n) is 13.8. The van der Waals surface area contributed by atoms with Crippen molar-refractivity contribution < 1.29 is 9.31 Å². The number of benzene rings is 1. The van der Waals surface area contributed by atoms with Gasteiger partial charge < -0.3 is 14.6 Å². The molecule has 0 aliphatic carbocycles. The number of anilines is 1. The molecular weight excluding hydrogens is 277 g/mol. The van der Waals surface area contributed by atoms with E-state index in [9.17, 15) is 0 Å². The maximum atomic E-state index is 6.14. The van der Waals surface area contributed by atoms with Crippen molar-refractivity contribution in [3.8, 4) is 0 Å². The molecule has 2 aromatic rings. The van der Waals surface area contributed by atoms with Crippen LogP contribution in [-0.2, 0) is 9.31 Å². The quantitative estimate of drug-likeness (QED) is 0.882. The molecule has 1 aromatic carbocycles. The van der Waals surface area contributed by atoms with E-state index in [-0.39, 0.29) is 11.2 Å². The third-order valence-corrected chi connectivity index (χ3v) is 4.50. The zero-order valence-corrected chi connectivity index (χ0v) is 13.8. The fraction of sp³-hybridized carbons (Fsp3) is 0.500. The first-order chi connectivity index (χ1) is 10.3. The van der Waals surface area contributed by atoms with E-state index in [1.165, 1.54) is 0 Å². The Balaban J connectivity index is 2.02. The van der Waals surface area contributed by atoms with Crippen molar-refractivity contribution in [2.45, 2.75) is 45.8 Å². The number of nitrogens with zero attached hydrogens (tertiary/aromatic N) is 2. The van der Waals surface area contributed by atoms with Gasteiger partial charge in [0, 0.05) is 18.1 Å². The number of fused-ring (bicyclic) bond motifs is 1. The number of nitrogens with one attached hydrogen (secondary N) is 1. The lowest BCUT2D eigenvalue weighted by molar-refractivity contribution is 0.00578. The maximum absolute atomic E-state index is 6.14. The van der Waals surface area contributed by atoms with Crippen LogP contribution >= 0.6 is 0 Å². The monoisotopic (exact) mass is 299 g/mol. The molecule has 0 spiro atoms. The smallest absolute Gasteiger partial charge is 0.399 e. The number of hydrogen-bond acceptors (Lipinski definition) is 5. The molecule has 0 unspecified atom stereocenters. The SMILES string of the molecule is CCNc1ncc2c(B3OC(C)(C)C(C)(C)O3)cccc2n1. The van der Waals surface area contributed by atoms with Gasteiger partial charge in [-0.1, -0.05) is 12.1 Å². The van der Waals surface area contributed by atoms with Crippen LogP contribution in [0.4, 0.5) is 5.95 Å². The topological polar surface area (TPSA) is 56.3 Å². The molecule has 2 heterocycles. The third kappa shape index (κ3) is 2.46. The molecule has 1 aliphatic rings. The molecular formula is C16H22BN3O2. The maximum Gasteiger partial charge on any atom is 0.495 e. The van der Waals surface area contributed by atoms with Crippen molar-refractivity contribution in [1.82, 2.24) is 9.97 Å². The summed E-state index contributed by atoms with van der Waals surface area (Å²) in [4.78, 5) is 8.90. The highest BCUT2D eigenvalue weighted by Gasteiger charge is 2.52. The van der Waals surface area contributed by atoms with E-state index in [1.807, 2.05) is 31.3 Å². The molecule has 1 saturated heterocycles. The molecule has 0 bridgehead atoms. The molecule has 5 nitrogen and oxygen atoms in total. The van der Waals surface area contributed by atoms with E-state index in [2.05, 4.69) is 43.0 Å². The summed E-state index contributed by atoms with van der Waals surface area (Å²) in [5.74, 6) is 0.640. The predicted octanol–water partition coefficient (Wildman–Crippen LogP) is 2.36. The molecule has 0 atom stereocenters. The van der Waals surface area contributed by atoms with Gasteiger partial charge in [0.15, 0.2) is 0 Å². The van der Waals surface area contributed by atoms with Gasteiger partial charge in [0.05, 0.1) is 16.7 Å². The fourth-order valence-corrected chi connectivity index (χ4v) is 2.50. The van der Waals surface area contributed by atoms with Crippen molar-refractivity contribution in [3.63, 3.8) is 0 Å². The van der Waals surface area contributed by atoms with E-state index in [1.54, 1.807) is 0 Å². The van der Waals surface area contributed by atoms with Crippen LogP contribution < -0.4 is 10.8 Å². The molecule has 1 aliphatic heterocycles. The minimum atomic E-state index is -0.401. The van der Waals surface area contributed by atoms with Crippen LogP contribution in [0.15, 0.2) is 24.4 Å². The molecule has 1 N–H and O–H groups in total. The molecule has 22 heavy (non-hydrogen) atoms. The van der Waals surface area contributed by atoms with Gasteiger partial charge in [0.25, 0.3) is 0 Å². The number of aromatic nitrogens is 2. The number of rotatable bonds is 3. The second kappa shape index (κ2) is 5.21. The van der Waals surface area contributed by atoms with Crippen molar-refractivity contribution in [2.75, 3.05) is 11.9 Å². The standard InChI is InChI=1S/C16H22BN3O2/c1-6-18-14-19-10-11-12(8-7-9-13(11)20-14)17-21-15(2,3)16(4,5)22-17/h7-10H,6H2,1-5H3,(H,18,19,20). The van der Waals surface area contributed by atoms with Gasteiger partial charge in [-0.15, -0.1) is 0 Å². The summed E-state index contributed by atoms with van der Waals surface area (Å²) in [6.45, 7) is 11.0. The van der Waals surface area contributed by atoms with Gasteiger partial charge in [-0.2, -0.15) is 0 Å². The van der Waals surface area contributed by atoms with Crippen molar-refractivity contribution in [1.29, 1.82) is 0 Å². The van der Waals surface area contributed by atoms with E-state index in [0.29, 0.717) is 5.95 Å². The second-order valence-corrected chi connectivity index (χ2v) is 6.59. The highest BCUT2D eigenvalue weighted by Crippen LogP contribution is 2.36. The minimum Gasteiger partial charge on any atom is -0.399 e. The first kappa shape index (κ1) is 15.2. The first-order valence-corrected chi connectivity index (χ1v) is 7.69. The number of hydrogen-bond donors (Lipinski definition) is 1. The first-order valence-electron chi connectivity index (χ1n) is 7.69. The summed E-state index contributed by atoms with van der Waals surface area (Å²) in [5, 5.41) is 4.09. The highest BCUT2D eigenvalue weighted by molar-refractivity contribution is 6.65. The Bertz CT molecular complexity index is 687. The van der Waals surface area contributed by atoms with Crippen LogP contribution in [0, 0.1) is 0 Å². The van der Waals surface area contributed by atoms with Crippen LogP contribution in [0.1, 0.15) is 34.6 Å². The third-order valence-electron chi connectivity index (χ3n) is 4.50. The lowest BCUT2D eigenvalue weighted by Gasteiger charge is -2.32. The highest BCUT2D eigenvalue weighted by atomic mass is 16.7. The Labute approximate surface area is 131 Å². The van der Waals surface area contributed by atoms with Crippen molar-refractivity contribution >= 4 is 29.4 Å². The second-order valence-electron chi connectivity index (χ2n) is 6.59. The molecule has 0 saturated carbocycles. The van der Waals surface area contributed by atoms with Crippen LogP contribution in [0.2, 0.25) is 0 Å². The van der Waals surface area contributed by atoms with E-state index in [4.69, 9.17) is 9.31 Å². The van der Waals surface area contributed by atoms with Gasteiger partial charge in [-0.25, -0.2) is 9.97 Å². The lowest BCUT2D eigenvalue weighted by Crippen LogP contribution is -2.41. The summed E-state index contributed by atoms with van der Waals surface area (Å²) in [5.41, 5.74) is 1.15. The molecule has 3 rings (SSSR count). The molecule has 0 amide bonds. The van der Waals surface area contributed by atoms with Gasteiger partial charge in [-0.3, -0.25) is 0 Å². The van der Waals surface area contributed by atoms with Crippen LogP contribution in [-0.4, -0.2) is 34.8 Å². The largest absolute Gasteiger partial charge is 0.495 e. The van der Waals surface area contributed by atoms with Gasteiger partial charge in [0.1, 0.15) is 0 Å². The molecule has 116 valence electrons. The van der Waals surface area contributed by atoms with E-state index in [0.717, 1.165) is 22.9 Å². The Morgan fingerprint density at radius 1 is 1.14 bits per heavy atom.